The van der Waals surface area contributed by atoms with Gasteiger partial charge in [-0.05, 0) is 36.8 Å². The molecular weight excluding hydrogens is 358 g/mol. The molecule has 0 bridgehead atoms. The number of hydrogen-bond acceptors (Lipinski definition) is 4. The summed E-state index contributed by atoms with van der Waals surface area (Å²) in [5.74, 6) is -0.411. The van der Waals surface area contributed by atoms with E-state index in [1.54, 1.807) is 12.1 Å². The molecule has 0 heterocycles. The third-order valence-corrected chi connectivity index (χ3v) is 7.19. The number of rotatable bonds is 6. The van der Waals surface area contributed by atoms with E-state index in [1.165, 1.54) is 12.1 Å². The Labute approximate surface area is 152 Å². The van der Waals surface area contributed by atoms with Gasteiger partial charge in [0.1, 0.15) is 5.41 Å². The molecule has 1 aliphatic carbocycles. The zero-order chi connectivity index (χ0) is 18.1. The van der Waals surface area contributed by atoms with E-state index in [0.717, 1.165) is 5.56 Å². The molecule has 0 spiro atoms. The van der Waals surface area contributed by atoms with Crippen molar-refractivity contribution in [2.24, 2.45) is 5.41 Å². The van der Waals surface area contributed by atoms with Gasteiger partial charge in [-0.15, -0.1) is 0 Å². The Morgan fingerprint density at radius 3 is 2.36 bits per heavy atom. The molecule has 0 unspecified atom stereocenters. The highest BCUT2D eigenvalue weighted by Gasteiger charge is 2.72. The molecule has 0 saturated heterocycles. The second-order valence-electron chi connectivity index (χ2n) is 6.10. The van der Waals surface area contributed by atoms with Crippen molar-refractivity contribution in [3.63, 3.8) is 0 Å². The lowest BCUT2D eigenvalue weighted by Gasteiger charge is -2.09. The molecule has 1 aliphatic rings. The third-order valence-electron chi connectivity index (χ3n) is 4.64. The van der Waals surface area contributed by atoms with Crippen LogP contribution in [0.1, 0.15) is 18.4 Å². The molecule has 0 aromatic heterocycles. The third kappa shape index (κ3) is 3.06. The fourth-order valence-electron chi connectivity index (χ4n) is 3.37. The molecule has 0 N–H and O–H groups in total. The minimum atomic E-state index is -3.69. The topological polar surface area (TPSA) is 67.2 Å². The maximum Gasteiger partial charge on any atom is 0.183 e. The molecule has 0 amide bonds. The fraction of sp³-hybridized carbons (Fsp3) is 0.316. The molecule has 3 rings (SSSR count). The Balaban J connectivity index is 2.05. The van der Waals surface area contributed by atoms with Crippen LogP contribution >= 0.6 is 11.6 Å². The Morgan fingerprint density at radius 1 is 1.16 bits per heavy atom. The lowest BCUT2D eigenvalue weighted by molar-refractivity contribution is 0.117. The second-order valence-corrected chi connectivity index (χ2v) is 8.60. The zero-order valence-corrected chi connectivity index (χ0v) is 15.3. The summed E-state index contributed by atoms with van der Waals surface area (Å²) in [6, 6.07) is 17.6. The van der Waals surface area contributed by atoms with Gasteiger partial charge in [-0.2, -0.15) is 5.26 Å². The maximum atomic E-state index is 13.2. The number of sulfone groups is 1. The van der Waals surface area contributed by atoms with Crippen LogP contribution < -0.4 is 0 Å². The molecule has 1 fully saturated rings. The van der Waals surface area contributed by atoms with Crippen molar-refractivity contribution in [1.82, 2.24) is 0 Å². The number of hydrogen-bond donors (Lipinski definition) is 0. The van der Waals surface area contributed by atoms with E-state index in [2.05, 4.69) is 6.07 Å². The van der Waals surface area contributed by atoms with Crippen molar-refractivity contribution in [3.8, 4) is 6.07 Å². The first-order chi connectivity index (χ1) is 12.0. The molecule has 1 saturated carbocycles. The van der Waals surface area contributed by atoms with Crippen LogP contribution in [-0.2, 0) is 14.6 Å². The van der Waals surface area contributed by atoms with Gasteiger partial charge in [0.2, 0.25) is 0 Å². The number of halogens is 1. The number of benzene rings is 2. The monoisotopic (exact) mass is 375 g/mol. The summed E-state index contributed by atoms with van der Waals surface area (Å²) < 4.78 is 31.8. The second kappa shape index (κ2) is 6.80. The Bertz CT molecular complexity index is 891. The van der Waals surface area contributed by atoms with E-state index in [-0.39, 0.29) is 11.5 Å². The zero-order valence-electron chi connectivity index (χ0n) is 13.7. The van der Waals surface area contributed by atoms with Gasteiger partial charge in [0, 0.05) is 17.5 Å². The largest absolute Gasteiger partial charge is 0.380 e. The normalized spacial score (nSPS) is 25.3. The lowest BCUT2D eigenvalue weighted by atomic mass is 10.0. The van der Waals surface area contributed by atoms with E-state index in [9.17, 15) is 13.7 Å². The first-order valence-corrected chi connectivity index (χ1v) is 9.93. The van der Waals surface area contributed by atoms with Gasteiger partial charge in [0.25, 0.3) is 0 Å². The molecule has 0 aliphatic heterocycles. The quantitative estimate of drug-likeness (QED) is 0.769. The fourth-order valence-corrected chi connectivity index (χ4v) is 5.81. The first kappa shape index (κ1) is 17.9. The Hall–Kier alpha value is -1.87. The molecule has 0 radical (unpaired) electrons. The van der Waals surface area contributed by atoms with Crippen LogP contribution in [-0.4, -0.2) is 26.9 Å². The Kier molecular flexibility index (Phi) is 4.88. The molecule has 3 atom stereocenters. The summed E-state index contributed by atoms with van der Waals surface area (Å²) in [6.45, 7) is 2.35. The van der Waals surface area contributed by atoms with Gasteiger partial charge in [0.05, 0.1) is 22.8 Å². The van der Waals surface area contributed by atoms with Crippen LogP contribution in [0.25, 0.3) is 0 Å². The maximum absolute atomic E-state index is 13.2. The molecule has 4 nitrogen and oxygen atoms in total. The summed E-state index contributed by atoms with van der Waals surface area (Å²) in [7, 11) is -3.69. The van der Waals surface area contributed by atoms with Gasteiger partial charge >= 0.3 is 0 Å². The van der Waals surface area contributed by atoms with Gasteiger partial charge in [-0.25, -0.2) is 8.42 Å². The van der Waals surface area contributed by atoms with Crippen molar-refractivity contribution in [1.29, 1.82) is 5.26 Å². The predicted octanol–water partition coefficient (Wildman–Crippen LogP) is 3.83. The van der Waals surface area contributed by atoms with Crippen molar-refractivity contribution in [2.75, 3.05) is 13.2 Å². The van der Waals surface area contributed by atoms with Gasteiger partial charge in [-0.1, -0.05) is 41.9 Å². The van der Waals surface area contributed by atoms with E-state index in [1.807, 2.05) is 37.3 Å². The smallest absolute Gasteiger partial charge is 0.183 e. The number of nitrogens with zero attached hydrogens (tertiary/aromatic N) is 1. The molecular formula is C19H18ClNO3S. The van der Waals surface area contributed by atoms with E-state index in [4.69, 9.17) is 16.3 Å². The molecule has 6 heteroatoms. The average molecular weight is 376 g/mol. The first-order valence-electron chi connectivity index (χ1n) is 8.01. The molecule has 2 aromatic rings. The van der Waals surface area contributed by atoms with Crippen molar-refractivity contribution >= 4 is 21.4 Å². The molecule has 25 heavy (non-hydrogen) atoms. The van der Waals surface area contributed by atoms with Gasteiger partial charge < -0.3 is 4.74 Å². The van der Waals surface area contributed by atoms with Crippen molar-refractivity contribution < 1.29 is 13.2 Å². The minimum absolute atomic E-state index is 0.0943. The van der Waals surface area contributed by atoms with Crippen LogP contribution in [0.15, 0.2) is 59.5 Å². The standard InChI is InChI=1S/C19H18ClNO3S/c1-2-24-13-19(12-21)17(14-6-4-3-5-7-14)18(19)25(22,23)16-10-8-15(20)9-11-16/h3-11,17-18H,2,13H2,1H3/t17-,18-,19-/m1/s1. The Morgan fingerprint density at radius 2 is 1.80 bits per heavy atom. The minimum Gasteiger partial charge on any atom is -0.380 e. The van der Waals surface area contributed by atoms with Crippen LogP contribution in [0.5, 0.6) is 0 Å². The summed E-state index contributed by atoms with van der Waals surface area (Å²) in [6.07, 6.45) is 0. The summed E-state index contributed by atoms with van der Waals surface area (Å²) in [4.78, 5) is 0.177. The summed E-state index contributed by atoms with van der Waals surface area (Å²) in [5.41, 5.74) is -0.234. The predicted molar refractivity (Wildman–Crippen MR) is 96.1 cm³/mol. The molecule has 2 aromatic carbocycles. The van der Waals surface area contributed by atoms with E-state index in [0.29, 0.717) is 11.6 Å². The van der Waals surface area contributed by atoms with Crippen molar-refractivity contribution in [3.05, 3.63) is 65.2 Å². The van der Waals surface area contributed by atoms with Gasteiger partial charge in [-0.3, -0.25) is 0 Å². The summed E-state index contributed by atoms with van der Waals surface area (Å²) in [5, 5.41) is 9.46. The van der Waals surface area contributed by atoms with E-state index >= 15 is 0 Å². The van der Waals surface area contributed by atoms with Crippen LogP contribution in [0, 0.1) is 16.7 Å². The lowest BCUT2D eigenvalue weighted by Crippen LogP contribution is -2.19. The highest BCUT2D eigenvalue weighted by molar-refractivity contribution is 7.92. The summed E-state index contributed by atoms with van der Waals surface area (Å²) >= 11 is 5.87. The average Bonchev–Trinajstić information content (AvgIpc) is 3.31. The van der Waals surface area contributed by atoms with Crippen LogP contribution in [0.2, 0.25) is 5.02 Å². The molecule has 130 valence electrons. The highest BCUT2D eigenvalue weighted by Crippen LogP contribution is 2.63. The van der Waals surface area contributed by atoms with Crippen molar-refractivity contribution in [2.45, 2.75) is 23.0 Å². The van der Waals surface area contributed by atoms with Crippen LogP contribution in [0.3, 0.4) is 0 Å². The van der Waals surface area contributed by atoms with Crippen LogP contribution in [0.4, 0.5) is 0 Å². The van der Waals surface area contributed by atoms with Gasteiger partial charge in [0.15, 0.2) is 9.84 Å². The number of nitriles is 1. The SMILES string of the molecule is CCOC[C@]1(C#N)[C@H](c2ccccc2)[C@H]1S(=O)(=O)c1ccc(Cl)cc1. The number of ether oxygens (including phenoxy) is 1. The van der Waals surface area contributed by atoms with E-state index < -0.39 is 26.4 Å². The highest BCUT2D eigenvalue weighted by atomic mass is 35.5.